The number of aliphatic hydroxyl groups is 1. The van der Waals surface area contributed by atoms with Gasteiger partial charge in [0.15, 0.2) is 0 Å². The third-order valence-electron chi connectivity index (χ3n) is 1.95. The minimum atomic E-state index is -0.840. The fraction of sp³-hybridized carbons (Fsp3) is 0.231. The maximum atomic E-state index is 9.60. The summed E-state index contributed by atoms with van der Waals surface area (Å²) < 4.78 is 4.98. The van der Waals surface area contributed by atoms with E-state index in [0.717, 1.165) is 5.56 Å². The molecule has 2 nitrogen and oxygen atoms in total. The van der Waals surface area contributed by atoms with Gasteiger partial charge in [-0.05, 0) is 12.1 Å². The summed E-state index contributed by atoms with van der Waals surface area (Å²) in [6, 6.07) is 9.49. The van der Waals surface area contributed by atoms with E-state index in [1.807, 2.05) is 30.3 Å². The van der Waals surface area contributed by atoms with Crippen LogP contribution < -0.4 is 0 Å². The predicted molar refractivity (Wildman–Crippen MR) is 60.3 cm³/mol. The molecule has 0 spiro atoms. The van der Waals surface area contributed by atoms with Gasteiger partial charge in [-0.1, -0.05) is 36.1 Å². The summed E-state index contributed by atoms with van der Waals surface area (Å²) in [5.74, 6) is 5.58. The molecule has 2 heteroatoms. The van der Waals surface area contributed by atoms with Gasteiger partial charge in [0.25, 0.3) is 0 Å². The highest BCUT2D eigenvalue weighted by molar-refractivity contribution is 5.34. The zero-order chi connectivity index (χ0) is 11.1. The normalized spacial score (nSPS) is 13.5. The second-order valence-electron chi connectivity index (χ2n) is 3.02. The molecule has 15 heavy (non-hydrogen) atoms. The molecule has 0 heterocycles. The molecule has 0 saturated carbocycles. The number of aliphatic hydroxyl groups excluding tert-OH is 1. The third kappa shape index (κ3) is 3.59. The van der Waals surface area contributed by atoms with Gasteiger partial charge in [-0.2, -0.15) is 0 Å². The lowest BCUT2D eigenvalue weighted by Gasteiger charge is -2.11. The number of rotatable bonds is 3. The Morgan fingerprint density at radius 2 is 2.07 bits per heavy atom. The molecule has 78 valence electrons. The van der Waals surface area contributed by atoms with Crippen LogP contribution in [0.25, 0.3) is 0 Å². The number of hydrogen-bond acceptors (Lipinski definition) is 2. The highest BCUT2D eigenvalue weighted by atomic mass is 16.5. The molecule has 0 aromatic heterocycles. The lowest BCUT2D eigenvalue weighted by atomic mass is 10.1. The van der Waals surface area contributed by atoms with Crippen molar-refractivity contribution >= 4 is 0 Å². The van der Waals surface area contributed by atoms with Gasteiger partial charge in [0.1, 0.15) is 12.2 Å². The van der Waals surface area contributed by atoms with Gasteiger partial charge in [0.05, 0.1) is 0 Å². The Kier molecular flexibility index (Phi) is 4.62. The van der Waals surface area contributed by atoms with Gasteiger partial charge in [0.2, 0.25) is 0 Å². The van der Waals surface area contributed by atoms with E-state index < -0.39 is 12.2 Å². The first-order valence-electron chi connectivity index (χ1n) is 4.68. The Balaban J connectivity index is 2.69. The number of benzene rings is 1. The monoisotopic (exact) mass is 202 g/mol. The highest BCUT2D eigenvalue weighted by Gasteiger charge is 2.11. The fourth-order valence-corrected chi connectivity index (χ4v) is 1.11. The van der Waals surface area contributed by atoms with Gasteiger partial charge in [-0.15, -0.1) is 6.58 Å². The molecule has 1 aromatic carbocycles. The van der Waals surface area contributed by atoms with Crippen LogP contribution >= 0.6 is 0 Å². The molecule has 0 bridgehead atoms. The highest BCUT2D eigenvalue weighted by Crippen LogP contribution is 2.00. The van der Waals surface area contributed by atoms with E-state index in [9.17, 15) is 5.11 Å². The van der Waals surface area contributed by atoms with Crippen LogP contribution in [-0.4, -0.2) is 24.4 Å². The van der Waals surface area contributed by atoms with E-state index in [1.54, 1.807) is 0 Å². The molecule has 0 fully saturated rings. The minimum Gasteiger partial charge on any atom is -0.377 e. The van der Waals surface area contributed by atoms with E-state index in [1.165, 1.54) is 13.2 Å². The van der Waals surface area contributed by atoms with Gasteiger partial charge in [0, 0.05) is 12.7 Å². The van der Waals surface area contributed by atoms with Crippen molar-refractivity contribution in [1.82, 2.24) is 0 Å². The molecular formula is C13H14O2. The van der Waals surface area contributed by atoms with Crippen molar-refractivity contribution in [2.75, 3.05) is 7.11 Å². The molecule has 0 aliphatic heterocycles. The van der Waals surface area contributed by atoms with E-state index >= 15 is 0 Å². The first-order chi connectivity index (χ1) is 7.27. The van der Waals surface area contributed by atoms with Crippen molar-refractivity contribution in [3.8, 4) is 11.8 Å². The van der Waals surface area contributed by atoms with Crippen LogP contribution in [0.15, 0.2) is 43.0 Å². The molecule has 1 rings (SSSR count). The van der Waals surface area contributed by atoms with E-state index in [4.69, 9.17) is 4.74 Å². The Bertz CT molecular complexity index is 359. The Hall–Kier alpha value is -1.56. The Morgan fingerprint density at radius 1 is 1.40 bits per heavy atom. The second kappa shape index (κ2) is 6.02. The molecule has 0 radical (unpaired) electrons. The lowest BCUT2D eigenvalue weighted by Crippen LogP contribution is -2.23. The molecule has 0 unspecified atom stereocenters. The van der Waals surface area contributed by atoms with Crippen LogP contribution in [0.3, 0.4) is 0 Å². The summed E-state index contributed by atoms with van der Waals surface area (Å²) in [6.07, 6.45) is 0.249. The maximum Gasteiger partial charge on any atom is 0.144 e. The SMILES string of the molecule is C=C[C@@H](OC)[C@H](O)C#Cc1ccccc1. The van der Waals surface area contributed by atoms with Gasteiger partial charge in [-0.3, -0.25) is 0 Å². The van der Waals surface area contributed by atoms with Crippen LogP contribution in [0.4, 0.5) is 0 Å². The molecule has 1 aromatic rings. The van der Waals surface area contributed by atoms with Crippen molar-refractivity contribution in [3.05, 3.63) is 48.6 Å². The van der Waals surface area contributed by atoms with E-state index in [0.29, 0.717) is 0 Å². The predicted octanol–water partition coefficient (Wildman–Crippen LogP) is 1.60. The van der Waals surface area contributed by atoms with Crippen LogP contribution in [0.2, 0.25) is 0 Å². The van der Waals surface area contributed by atoms with Crippen molar-refractivity contribution in [3.63, 3.8) is 0 Å². The summed E-state index contributed by atoms with van der Waals surface area (Å²) in [4.78, 5) is 0. The van der Waals surface area contributed by atoms with Crippen molar-refractivity contribution in [2.45, 2.75) is 12.2 Å². The molecule has 1 N–H and O–H groups in total. The summed E-state index contributed by atoms with van der Waals surface area (Å²) >= 11 is 0. The summed E-state index contributed by atoms with van der Waals surface area (Å²) in [7, 11) is 1.51. The van der Waals surface area contributed by atoms with Gasteiger partial charge >= 0.3 is 0 Å². The number of ether oxygens (including phenoxy) is 1. The molecule has 0 aliphatic rings. The van der Waals surface area contributed by atoms with Crippen LogP contribution in [-0.2, 0) is 4.74 Å². The van der Waals surface area contributed by atoms with Crippen molar-refractivity contribution < 1.29 is 9.84 Å². The van der Waals surface area contributed by atoms with Crippen molar-refractivity contribution in [1.29, 1.82) is 0 Å². The summed E-state index contributed by atoms with van der Waals surface area (Å²) in [6.45, 7) is 3.56. The topological polar surface area (TPSA) is 29.5 Å². The molecule has 0 saturated heterocycles. The molecule has 2 atom stereocenters. The van der Waals surface area contributed by atoms with E-state index in [-0.39, 0.29) is 0 Å². The van der Waals surface area contributed by atoms with Crippen LogP contribution in [0, 0.1) is 11.8 Å². The smallest absolute Gasteiger partial charge is 0.144 e. The summed E-state index contributed by atoms with van der Waals surface area (Å²) in [5.41, 5.74) is 0.871. The van der Waals surface area contributed by atoms with E-state index in [2.05, 4.69) is 18.4 Å². The first-order valence-corrected chi connectivity index (χ1v) is 4.68. The van der Waals surface area contributed by atoms with Gasteiger partial charge < -0.3 is 9.84 Å². The largest absolute Gasteiger partial charge is 0.377 e. The average molecular weight is 202 g/mol. The molecule has 0 amide bonds. The third-order valence-corrected chi connectivity index (χ3v) is 1.95. The Labute approximate surface area is 90.2 Å². The first kappa shape index (κ1) is 11.5. The van der Waals surface area contributed by atoms with Crippen molar-refractivity contribution in [2.24, 2.45) is 0 Å². The fourth-order valence-electron chi connectivity index (χ4n) is 1.11. The lowest BCUT2D eigenvalue weighted by molar-refractivity contribution is 0.0480. The minimum absolute atomic E-state index is 0.443. The zero-order valence-corrected chi connectivity index (χ0v) is 8.68. The Morgan fingerprint density at radius 3 is 2.60 bits per heavy atom. The quantitative estimate of drug-likeness (QED) is 0.596. The van der Waals surface area contributed by atoms with Crippen LogP contribution in [0.1, 0.15) is 5.56 Å². The van der Waals surface area contributed by atoms with Gasteiger partial charge in [-0.25, -0.2) is 0 Å². The molecule has 0 aliphatic carbocycles. The second-order valence-corrected chi connectivity index (χ2v) is 3.02. The number of methoxy groups -OCH3 is 1. The molecular weight excluding hydrogens is 188 g/mol. The average Bonchev–Trinajstić information content (AvgIpc) is 2.29. The maximum absolute atomic E-state index is 9.60. The summed E-state index contributed by atoms with van der Waals surface area (Å²) in [5, 5.41) is 9.60. The standard InChI is InChI=1S/C13H14O2/c1-3-13(15-2)12(14)10-9-11-7-5-4-6-8-11/h3-8,12-14H,1H2,2H3/t12-,13-/m1/s1. The number of hydrogen-bond donors (Lipinski definition) is 1. The van der Waals surface area contributed by atoms with Crippen LogP contribution in [0.5, 0.6) is 0 Å². The zero-order valence-electron chi connectivity index (χ0n) is 8.68.